The van der Waals surface area contributed by atoms with Crippen LogP contribution in [-0.4, -0.2) is 13.7 Å². The lowest BCUT2D eigenvalue weighted by atomic mass is 10.6. The summed E-state index contributed by atoms with van der Waals surface area (Å²) in [6.45, 7) is 2.70. The number of hydrogen-bond acceptors (Lipinski definition) is 1. The molecule has 0 bridgehead atoms. The van der Waals surface area contributed by atoms with E-state index in [0.717, 1.165) is 6.61 Å². The van der Waals surface area contributed by atoms with Gasteiger partial charge in [-0.25, -0.2) is 0 Å². The van der Waals surface area contributed by atoms with Gasteiger partial charge in [0.1, 0.15) is 0 Å². The van der Waals surface area contributed by atoms with Crippen LogP contribution in [0, 0.1) is 0 Å². The standard InChI is InChI=1S/C5H10O/c1-3-4-5-6-2/h3-4H,5H2,1-2H3/b4-3-. The highest BCUT2D eigenvalue weighted by Gasteiger charge is 1.62. The zero-order chi connectivity index (χ0) is 4.83. The second kappa shape index (κ2) is 4.70. The number of allylic oxidation sites excluding steroid dienone is 1. The van der Waals surface area contributed by atoms with Gasteiger partial charge in [-0.1, -0.05) is 12.2 Å². The minimum atomic E-state index is 0.733. The normalized spacial score (nSPS) is 10.3. The van der Waals surface area contributed by atoms with Crippen LogP contribution in [0.2, 0.25) is 0 Å². The van der Waals surface area contributed by atoms with E-state index in [2.05, 4.69) is 0 Å². The van der Waals surface area contributed by atoms with Gasteiger partial charge < -0.3 is 4.74 Å². The molecule has 0 fully saturated rings. The lowest BCUT2D eigenvalue weighted by molar-refractivity contribution is 0.234. The largest absolute Gasteiger partial charge is 0.381 e. The van der Waals surface area contributed by atoms with E-state index in [0.29, 0.717) is 0 Å². The molecule has 0 heterocycles. The number of hydrogen-bond donors (Lipinski definition) is 0. The summed E-state index contributed by atoms with van der Waals surface area (Å²) in [6.07, 6.45) is 3.92. The van der Waals surface area contributed by atoms with Crippen molar-refractivity contribution in [2.24, 2.45) is 0 Å². The lowest BCUT2D eigenvalue weighted by Gasteiger charge is -1.81. The van der Waals surface area contributed by atoms with Crippen molar-refractivity contribution in [3.05, 3.63) is 12.2 Å². The zero-order valence-corrected chi connectivity index (χ0v) is 4.27. The Balaban J connectivity index is 2.66. The Morgan fingerprint density at radius 2 is 2.33 bits per heavy atom. The van der Waals surface area contributed by atoms with Crippen molar-refractivity contribution in [1.29, 1.82) is 0 Å². The summed E-state index contributed by atoms with van der Waals surface area (Å²) in [5, 5.41) is 0. The van der Waals surface area contributed by atoms with Crippen molar-refractivity contribution in [3.63, 3.8) is 0 Å². The van der Waals surface area contributed by atoms with Crippen molar-refractivity contribution < 1.29 is 4.74 Å². The second-order valence-corrected chi connectivity index (χ2v) is 1.02. The van der Waals surface area contributed by atoms with Crippen LogP contribution >= 0.6 is 0 Å². The van der Waals surface area contributed by atoms with E-state index in [1.165, 1.54) is 0 Å². The predicted octanol–water partition coefficient (Wildman–Crippen LogP) is 1.21. The van der Waals surface area contributed by atoms with Gasteiger partial charge in [-0.05, 0) is 6.92 Å². The molecule has 0 unspecified atom stereocenters. The molecule has 1 heteroatoms. The summed E-state index contributed by atoms with van der Waals surface area (Å²) >= 11 is 0. The number of methoxy groups -OCH3 is 1. The van der Waals surface area contributed by atoms with E-state index < -0.39 is 0 Å². The van der Waals surface area contributed by atoms with Crippen molar-refractivity contribution in [2.75, 3.05) is 13.7 Å². The van der Waals surface area contributed by atoms with E-state index in [1.54, 1.807) is 7.11 Å². The third kappa shape index (κ3) is 3.70. The number of ether oxygens (including phenoxy) is 1. The fourth-order valence-electron chi connectivity index (χ4n) is 0.192. The molecule has 0 aliphatic rings. The number of rotatable bonds is 2. The smallest absolute Gasteiger partial charge is 0.0643 e. The van der Waals surface area contributed by atoms with Crippen molar-refractivity contribution in [1.82, 2.24) is 0 Å². The van der Waals surface area contributed by atoms with Gasteiger partial charge in [0.2, 0.25) is 0 Å². The molecule has 0 radical (unpaired) electrons. The highest BCUT2D eigenvalue weighted by atomic mass is 16.5. The second-order valence-electron chi connectivity index (χ2n) is 1.02. The van der Waals surface area contributed by atoms with Crippen LogP contribution in [0.25, 0.3) is 0 Å². The van der Waals surface area contributed by atoms with Crippen LogP contribution in [0.5, 0.6) is 0 Å². The first kappa shape index (κ1) is 5.70. The molecule has 0 aromatic rings. The van der Waals surface area contributed by atoms with Gasteiger partial charge in [0, 0.05) is 7.11 Å². The van der Waals surface area contributed by atoms with Gasteiger partial charge in [-0.3, -0.25) is 0 Å². The van der Waals surface area contributed by atoms with E-state index in [4.69, 9.17) is 4.74 Å². The molecule has 0 rings (SSSR count). The Kier molecular flexibility index (Phi) is 4.46. The van der Waals surface area contributed by atoms with Gasteiger partial charge in [0.25, 0.3) is 0 Å². The molecule has 0 saturated carbocycles. The van der Waals surface area contributed by atoms with Gasteiger partial charge >= 0.3 is 0 Å². The molecule has 0 aliphatic carbocycles. The van der Waals surface area contributed by atoms with E-state index in [9.17, 15) is 0 Å². The SMILES string of the molecule is C/C=C\COC. The highest BCUT2D eigenvalue weighted by Crippen LogP contribution is 1.68. The monoisotopic (exact) mass is 86.1 g/mol. The molecular weight excluding hydrogens is 76.1 g/mol. The molecule has 36 valence electrons. The van der Waals surface area contributed by atoms with Gasteiger partial charge in [-0.15, -0.1) is 0 Å². The summed E-state index contributed by atoms with van der Waals surface area (Å²) in [4.78, 5) is 0. The molecule has 1 nitrogen and oxygen atoms in total. The summed E-state index contributed by atoms with van der Waals surface area (Å²) < 4.78 is 4.70. The zero-order valence-electron chi connectivity index (χ0n) is 4.27. The first-order valence-electron chi connectivity index (χ1n) is 2.02. The van der Waals surface area contributed by atoms with Gasteiger partial charge in [-0.2, -0.15) is 0 Å². The Bertz CT molecular complexity index is 39.2. The topological polar surface area (TPSA) is 9.23 Å². The fraction of sp³-hybridized carbons (Fsp3) is 0.600. The summed E-state index contributed by atoms with van der Waals surface area (Å²) in [6, 6.07) is 0. The van der Waals surface area contributed by atoms with Gasteiger partial charge in [0.15, 0.2) is 0 Å². The molecule has 0 saturated heterocycles. The third-order valence-corrected chi connectivity index (χ3v) is 0.499. The summed E-state index contributed by atoms with van der Waals surface area (Å²) in [5.74, 6) is 0. The van der Waals surface area contributed by atoms with E-state index >= 15 is 0 Å². The van der Waals surface area contributed by atoms with Crippen LogP contribution in [0.1, 0.15) is 6.92 Å². The lowest BCUT2D eigenvalue weighted by Crippen LogP contribution is -1.77. The van der Waals surface area contributed by atoms with E-state index in [-0.39, 0.29) is 0 Å². The average Bonchev–Trinajstić information content (AvgIpc) is 1.61. The van der Waals surface area contributed by atoms with Crippen molar-refractivity contribution in [3.8, 4) is 0 Å². The maximum Gasteiger partial charge on any atom is 0.0643 e. The predicted molar refractivity (Wildman–Crippen MR) is 26.7 cm³/mol. The van der Waals surface area contributed by atoms with Gasteiger partial charge in [0.05, 0.1) is 6.61 Å². The Labute approximate surface area is 38.6 Å². The molecule has 6 heavy (non-hydrogen) atoms. The third-order valence-electron chi connectivity index (χ3n) is 0.499. The summed E-state index contributed by atoms with van der Waals surface area (Å²) in [7, 11) is 1.68. The Morgan fingerprint density at radius 1 is 1.67 bits per heavy atom. The molecule has 0 atom stereocenters. The average molecular weight is 86.1 g/mol. The van der Waals surface area contributed by atoms with Crippen molar-refractivity contribution in [2.45, 2.75) is 6.92 Å². The first-order valence-corrected chi connectivity index (χ1v) is 2.02. The minimum Gasteiger partial charge on any atom is -0.381 e. The molecule has 0 spiro atoms. The van der Waals surface area contributed by atoms with Crippen LogP contribution in [0.4, 0.5) is 0 Å². The quantitative estimate of drug-likeness (QED) is 0.459. The van der Waals surface area contributed by atoms with Crippen LogP contribution in [0.15, 0.2) is 12.2 Å². The van der Waals surface area contributed by atoms with Crippen LogP contribution in [0.3, 0.4) is 0 Å². The Hall–Kier alpha value is -0.300. The first-order chi connectivity index (χ1) is 2.91. The molecule has 0 amide bonds. The van der Waals surface area contributed by atoms with E-state index in [1.807, 2.05) is 19.1 Å². The molecule has 0 N–H and O–H groups in total. The summed E-state index contributed by atoms with van der Waals surface area (Å²) in [5.41, 5.74) is 0. The minimum absolute atomic E-state index is 0.733. The maximum absolute atomic E-state index is 4.70. The molecule has 0 aromatic heterocycles. The van der Waals surface area contributed by atoms with Crippen LogP contribution < -0.4 is 0 Å². The molecule has 0 aliphatic heterocycles. The van der Waals surface area contributed by atoms with Crippen molar-refractivity contribution >= 4 is 0 Å². The Morgan fingerprint density at radius 3 is 2.50 bits per heavy atom. The van der Waals surface area contributed by atoms with Crippen LogP contribution in [-0.2, 0) is 4.74 Å². The molecule has 0 aromatic carbocycles. The molecular formula is C5H10O. The fourth-order valence-corrected chi connectivity index (χ4v) is 0.192. The highest BCUT2D eigenvalue weighted by molar-refractivity contribution is 4.75. The maximum atomic E-state index is 4.70.